The van der Waals surface area contributed by atoms with Gasteiger partial charge in [-0.2, -0.15) is 0 Å². The second kappa shape index (κ2) is 10.7. The van der Waals surface area contributed by atoms with Crippen molar-refractivity contribution in [2.24, 2.45) is 0 Å². The van der Waals surface area contributed by atoms with Crippen molar-refractivity contribution < 1.29 is 4.42 Å². The molecule has 0 unspecified atom stereocenters. The molecule has 48 heavy (non-hydrogen) atoms. The topological polar surface area (TPSA) is 51.8 Å². The first kappa shape index (κ1) is 27.0. The highest BCUT2D eigenvalue weighted by atomic mass is 32.1. The van der Waals surface area contributed by atoms with Crippen LogP contribution < -0.4 is 0 Å². The number of benzene rings is 7. The molecule has 0 spiro atoms. The van der Waals surface area contributed by atoms with Crippen molar-refractivity contribution >= 4 is 64.2 Å². The van der Waals surface area contributed by atoms with Gasteiger partial charge in [-0.05, 0) is 46.7 Å². The lowest BCUT2D eigenvalue weighted by Gasteiger charge is -2.09. The molecule has 0 aliphatic carbocycles. The van der Waals surface area contributed by atoms with Crippen LogP contribution in [-0.2, 0) is 0 Å². The molecule has 4 nitrogen and oxygen atoms in total. The van der Waals surface area contributed by atoms with Crippen LogP contribution >= 0.6 is 11.3 Å². The number of thiophene rings is 1. The van der Waals surface area contributed by atoms with Crippen LogP contribution in [-0.4, -0.2) is 15.0 Å². The Balaban J connectivity index is 1.19. The lowest BCUT2D eigenvalue weighted by Crippen LogP contribution is -2.00. The van der Waals surface area contributed by atoms with Crippen molar-refractivity contribution in [2.45, 2.75) is 0 Å². The van der Waals surface area contributed by atoms with Crippen LogP contribution in [0.1, 0.15) is 0 Å². The van der Waals surface area contributed by atoms with Crippen molar-refractivity contribution in [2.75, 3.05) is 0 Å². The van der Waals surface area contributed by atoms with E-state index in [0.29, 0.717) is 17.5 Å². The maximum atomic E-state index is 6.60. The zero-order valence-corrected chi connectivity index (χ0v) is 26.4. The van der Waals surface area contributed by atoms with Crippen molar-refractivity contribution in [3.8, 4) is 45.3 Å². The van der Waals surface area contributed by atoms with E-state index in [2.05, 4.69) is 78.9 Å². The number of fused-ring (bicyclic) bond motifs is 8. The van der Waals surface area contributed by atoms with Gasteiger partial charge in [0, 0.05) is 53.2 Å². The highest BCUT2D eigenvalue weighted by Gasteiger charge is 2.20. The molecule has 0 atom stereocenters. The number of rotatable bonds is 4. The van der Waals surface area contributed by atoms with Gasteiger partial charge in [-0.25, -0.2) is 15.0 Å². The molecule has 0 bridgehead atoms. The molecule has 7 aromatic carbocycles. The SMILES string of the molecule is c1ccc(-c2nc(-c3ccccc3)nc(-c3cccc4oc5cc(-c6cc7ccccc7c7c6sc6ccccc67)ccc5c34)n2)cc1. The summed E-state index contributed by atoms with van der Waals surface area (Å²) in [4.78, 5) is 14.9. The fraction of sp³-hybridized carbons (Fsp3) is 0. The van der Waals surface area contributed by atoms with Crippen molar-refractivity contribution in [3.05, 3.63) is 152 Å². The molecule has 10 aromatic rings. The second-order valence-corrected chi connectivity index (χ2v) is 13.0. The van der Waals surface area contributed by atoms with E-state index in [1.807, 2.05) is 84.1 Å². The van der Waals surface area contributed by atoms with Crippen LogP contribution in [0.2, 0.25) is 0 Å². The van der Waals surface area contributed by atoms with Gasteiger partial charge in [0.25, 0.3) is 0 Å². The van der Waals surface area contributed by atoms with E-state index in [1.165, 1.54) is 36.5 Å². The summed E-state index contributed by atoms with van der Waals surface area (Å²) in [6.45, 7) is 0. The summed E-state index contributed by atoms with van der Waals surface area (Å²) < 4.78 is 9.18. The second-order valence-electron chi connectivity index (χ2n) is 12.0. The molecule has 0 radical (unpaired) electrons. The zero-order valence-electron chi connectivity index (χ0n) is 25.6. The molecule has 0 aliphatic heterocycles. The third-order valence-electron chi connectivity index (χ3n) is 9.12. The smallest absolute Gasteiger partial charge is 0.164 e. The Morgan fingerprint density at radius 1 is 0.417 bits per heavy atom. The predicted molar refractivity (Wildman–Crippen MR) is 199 cm³/mol. The minimum Gasteiger partial charge on any atom is -0.456 e. The van der Waals surface area contributed by atoms with E-state index in [4.69, 9.17) is 19.4 Å². The largest absolute Gasteiger partial charge is 0.456 e. The van der Waals surface area contributed by atoms with E-state index in [-0.39, 0.29) is 0 Å². The van der Waals surface area contributed by atoms with Crippen LogP contribution in [0.5, 0.6) is 0 Å². The first-order chi connectivity index (χ1) is 23.8. The zero-order chi connectivity index (χ0) is 31.6. The van der Waals surface area contributed by atoms with E-state index >= 15 is 0 Å². The minimum atomic E-state index is 0.613. The molecule has 5 heteroatoms. The summed E-state index contributed by atoms with van der Waals surface area (Å²) in [6, 6.07) is 52.6. The van der Waals surface area contributed by atoms with Gasteiger partial charge in [-0.15, -0.1) is 11.3 Å². The molecular weight excluding hydrogens is 607 g/mol. The van der Waals surface area contributed by atoms with E-state index in [9.17, 15) is 0 Å². The Labute approximate surface area is 279 Å². The number of aromatic nitrogens is 3. The van der Waals surface area contributed by atoms with Crippen LogP contribution in [0.25, 0.3) is 98.2 Å². The van der Waals surface area contributed by atoms with Gasteiger partial charge >= 0.3 is 0 Å². The Hall–Kier alpha value is -6.17. The van der Waals surface area contributed by atoms with Crippen molar-refractivity contribution in [1.29, 1.82) is 0 Å². The van der Waals surface area contributed by atoms with E-state index < -0.39 is 0 Å². The maximum absolute atomic E-state index is 6.60. The highest BCUT2D eigenvalue weighted by Crippen LogP contribution is 2.45. The first-order valence-electron chi connectivity index (χ1n) is 15.9. The van der Waals surface area contributed by atoms with Crippen molar-refractivity contribution in [1.82, 2.24) is 15.0 Å². The Morgan fingerprint density at radius 2 is 1.08 bits per heavy atom. The van der Waals surface area contributed by atoms with Gasteiger partial charge in [0.15, 0.2) is 17.5 Å². The summed E-state index contributed by atoms with van der Waals surface area (Å²) in [5.74, 6) is 1.88. The number of hydrogen-bond acceptors (Lipinski definition) is 5. The Bertz CT molecular complexity index is 2780. The van der Waals surface area contributed by atoms with E-state index in [1.54, 1.807) is 0 Å². The normalized spacial score (nSPS) is 11.8. The standard InChI is InChI=1S/C43H25N3OS/c1-3-12-26(13-4-1)41-44-42(27-14-5-2-6-15-27)46-43(45-41)33-19-11-20-35-38(33)31-23-22-29(25-36(31)47-35)34-24-28-16-7-8-17-30(28)39-32-18-9-10-21-37(32)48-40(34)39/h1-25H. The van der Waals surface area contributed by atoms with Gasteiger partial charge in [-0.1, -0.05) is 121 Å². The van der Waals surface area contributed by atoms with Crippen LogP contribution in [0.15, 0.2) is 156 Å². The molecule has 224 valence electrons. The van der Waals surface area contributed by atoms with Gasteiger partial charge in [0.2, 0.25) is 0 Å². The van der Waals surface area contributed by atoms with Crippen LogP contribution in [0.3, 0.4) is 0 Å². The van der Waals surface area contributed by atoms with Crippen LogP contribution in [0, 0.1) is 0 Å². The van der Waals surface area contributed by atoms with Crippen molar-refractivity contribution in [3.63, 3.8) is 0 Å². The Morgan fingerprint density at radius 3 is 1.85 bits per heavy atom. The molecule has 0 N–H and O–H groups in total. The van der Waals surface area contributed by atoms with Crippen LogP contribution in [0.4, 0.5) is 0 Å². The third kappa shape index (κ3) is 4.25. The summed E-state index contributed by atoms with van der Waals surface area (Å²) in [6.07, 6.45) is 0. The fourth-order valence-electron chi connectivity index (χ4n) is 6.90. The molecule has 0 amide bonds. The van der Waals surface area contributed by atoms with Gasteiger partial charge in [0.05, 0.1) is 0 Å². The molecule has 0 saturated carbocycles. The summed E-state index contributed by atoms with van der Waals surface area (Å²) in [5, 5.41) is 7.15. The maximum Gasteiger partial charge on any atom is 0.164 e. The van der Waals surface area contributed by atoms with Gasteiger partial charge in [0.1, 0.15) is 11.2 Å². The summed E-state index contributed by atoms with van der Waals surface area (Å²) in [5.41, 5.74) is 6.76. The predicted octanol–water partition coefficient (Wildman–Crippen LogP) is 12.0. The Kier molecular flexibility index (Phi) is 6.01. The minimum absolute atomic E-state index is 0.613. The summed E-state index contributed by atoms with van der Waals surface area (Å²) >= 11 is 1.85. The number of hydrogen-bond donors (Lipinski definition) is 0. The first-order valence-corrected chi connectivity index (χ1v) is 16.8. The molecule has 0 saturated heterocycles. The molecule has 10 rings (SSSR count). The molecule has 0 fully saturated rings. The number of nitrogens with zero attached hydrogens (tertiary/aromatic N) is 3. The lowest BCUT2D eigenvalue weighted by molar-refractivity contribution is 0.669. The monoisotopic (exact) mass is 631 g/mol. The quantitative estimate of drug-likeness (QED) is 0.194. The highest BCUT2D eigenvalue weighted by molar-refractivity contribution is 7.26. The fourth-order valence-corrected chi connectivity index (χ4v) is 8.15. The third-order valence-corrected chi connectivity index (χ3v) is 10.3. The van der Waals surface area contributed by atoms with E-state index in [0.717, 1.165) is 44.2 Å². The average molecular weight is 632 g/mol. The molecule has 3 aromatic heterocycles. The lowest BCUT2D eigenvalue weighted by atomic mass is 9.96. The van der Waals surface area contributed by atoms with Gasteiger partial charge < -0.3 is 4.42 Å². The average Bonchev–Trinajstić information content (AvgIpc) is 3.74. The van der Waals surface area contributed by atoms with Gasteiger partial charge in [-0.3, -0.25) is 0 Å². The molecule has 3 heterocycles. The molecular formula is C43H25N3OS. The molecule has 0 aliphatic rings. The summed E-state index contributed by atoms with van der Waals surface area (Å²) in [7, 11) is 0. The number of furan rings is 1.